The van der Waals surface area contributed by atoms with E-state index >= 15 is 0 Å². The summed E-state index contributed by atoms with van der Waals surface area (Å²) in [6, 6.07) is -0.889. The summed E-state index contributed by atoms with van der Waals surface area (Å²) in [5, 5.41) is 120. The van der Waals surface area contributed by atoms with Crippen molar-refractivity contribution >= 4 is 5.91 Å². The largest absolute Gasteiger partial charge is 0.394 e. The molecule has 492 valence electrons. The van der Waals surface area contributed by atoms with Crippen LogP contribution in [0.2, 0.25) is 0 Å². The Hall–Kier alpha value is -1.99. The van der Waals surface area contributed by atoms with Crippen molar-refractivity contribution in [2.45, 2.75) is 343 Å². The first-order valence-electron chi connectivity index (χ1n) is 33.2. The maximum absolute atomic E-state index is 13.4. The van der Waals surface area contributed by atoms with E-state index in [1.165, 1.54) is 141 Å². The summed E-state index contributed by atoms with van der Waals surface area (Å²) in [5.74, 6) is -0.247. The van der Waals surface area contributed by atoms with Gasteiger partial charge in [-0.1, -0.05) is 217 Å². The van der Waals surface area contributed by atoms with Crippen LogP contribution in [0, 0.1) is 0 Å². The minimum Gasteiger partial charge on any atom is -0.394 e. The van der Waals surface area contributed by atoms with Gasteiger partial charge in [0.1, 0.15) is 73.2 Å². The number of nitrogens with one attached hydrogen (secondary N) is 1. The Morgan fingerprint density at radius 2 is 0.786 bits per heavy atom. The lowest BCUT2D eigenvalue weighted by Crippen LogP contribution is -2.66. The van der Waals surface area contributed by atoms with Gasteiger partial charge in [0, 0.05) is 6.42 Å². The van der Waals surface area contributed by atoms with Crippen molar-refractivity contribution in [2.24, 2.45) is 0 Å². The molecule has 19 heteroatoms. The molecule has 0 aliphatic carbocycles. The van der Waals surface area contributed by atoms with Crippen LogP contribution in [-0.2, 0) is 33.2 Å². The molecule has 84 heavy (non-hydrogen) atoms. The highest BCUT2D eigenvalue weighted by atomic mass is 16.8. The van der Waals surface area contributed by atoms with E-state index in [4.69, 9.17) is 28.4 Å². The Balaban J connectivity index is 1.43. The number of aliphatic hydroxyl groups excluding tert-OH is 11. The fourth-order valence-electron chi connectivity index (χ4n) is 11.3. The Kier molecular flexibility index (Phi) is 43.5. The van der Waals surface area contributed by atoms with Gasteiger partial charge in [0.05, 0.1) is 38.6 Å². The summed E-state index contributed by atoms with van der Waals surface area (Å²) >= 11 is 0. The quantitative estimate of drug-likeness (QED) is 0.0205. The molecule has 0 saturated carbocycles. The predicted molar refractivity (Wildman–Crippen MR) is 323 cm³/mol. The predicted octanol–water partition coefficient (Wildman–Crippen LogP) is 7.66. The maximum atomic E-state index is 13.4. The summed E-state index contributed by atoms with van der Waals surface area (Å²) < 4.78 is 34.4. The van der Waals surface area contributed by atoms with E-state index in [1.54, 1.807) is 0 Å². The highest BCUT2D eigenvalue weighted by Crippen LogP contribution is 2.33. The number of amides is 1. The fraction of sp³-hybridized carbons (Fsp3) is 0.892. The molecule has 17 unspecified atom stereocenters. The third-order valence-electron chi connectivity index (χ3n) is 16.7. The van der Waals surface area contributed by atoms with Gasteiger partial charge in [-0.2, -0.15) is 0 Å². The first-order chi connectivity index (χ1) is 40.8. The average Bonchev–Trinajstić information content (AvgIpc) is 3.68. The second-order valence-electron chi connectivity index (χ2n) is 23.9. The number of hydrogen-bond donors (Lipinski definition) is 12. The molecule has 0 aromatic carbocycles. The van der Waals surface area contributed by atoms with Crippen molar-refractivity contribution < 1.29 is 89.4 Å². The van der Waals surface area contributed by atoms with Crippen molar-refractivity contribution in [3.05, 3.63) is 36.5 Å². The van der Waals surface area contributed by atoms with Crippen molar-refractivity contribution in [1.82, 2.24) is 5.32 Å². The van der Waals surface area contributed by atoms with E-state index in [0.29, 0.717) is 12.8 Å². The van der Waals surface area contributed by atoms with Crippen LogP contribution in [0.1, 0.15) is 239 Å². The molecular formula is C65H119NO18. The van der Waals surface area contributed by atoms with Crippen molar-refractivity contribution in [3.8, 4) is 0 Å². The summed E-state index contributed by atoms with van der Waals surface area (Å²) in [5.41, 5.74) is 0. The number of carbonyl (C=O) groups excluding carboxylic acids is 1. The van der Waals surface area contributed by atoms with Gasteiger partial charge in [-0.25, -0.2) is 0 Å². The lowest BCUT2D eigenvalue weighted by molar-refractivity contribution is -0.379. The van der Waals surface area contributed by atoms with E-state index < -0.39 is 124 Å². The number of ether oxygens (including phenoxy) is 6. The Bertz CT molecular complexity index is 1670. The molecule has 12 N–H and O–H groups in total. The summed E-state index contributed by atoms with van der Waals surface area (Å²) in [6.45, 7) is 1.78. The molecule has 17 atom stereocenters. The SMILES string of the molecule is CCCCCCC/C=C\C/C=C\C/C=C\CCCCCCCCCCCCC(=O)NC(COC1OC(CO)C(OC2OC(CO)C(OC3OC(CO)C(O)C(O)C3O)C(O)C2O)C(O)C1O)C(O)CCCCCCCCCCCCCCCC. The average molecular weight is 1200 g/mol. The van der Waals surface area contributed by atoms with Crippen LogP contribution in [0.3, 0.4) is 0 Å². The number of carbonyl (C=O) groups is 1. The first-order valence-corrected chi connectivity index (χ1v) is 33.2. The molecule has 0 radical (unpaired) electrons. The number of allylic oxidation sites excluding steroid dienone is 6. The van der Waals surface area contributed by atoms with Gasteiger partial charge in [0.25, 0.3) is 0 Å². The van der Waals surface area contributed by atoms with Gasteiger partial charge < -0.3 is 89.9 Å². The fourth-order valence-corrected chi connectivity index (χ4v) is 11.3. The van der Waals surface area contributed by atoms with Crippen LogP contribution in [0.15, 0.2) is 36.5 Å². The molecule has 0 bridgehead atoms. The summed E-state index contributed by atoms with van der Waals surface area (Å²) in [7, 11) is 0. The van der Waals surface area contributed by atoms with Crippen LogP contribution < -0.4 is 5.32 Å². The zero-order valence-electron chi connectivity index (χ0n) is 51.6. The molecule has 3 aliphatic rings. The molecule has 0 aromatic heterocycles. The van der Waals surface area contributed by atoms with Crippen molar-refractivity contribution in [2.75, 3.05) is 26.4 Å². The zero-order chi connectivity index (χ0) is 61.2. The van der Waals surface area contributed by atoms with E-state index in [1.807, 2.05) is 0 Å². The number of rotatable bonds is 50. The van der Waals surface area contributed by atoms with Gasteiger partial charge in [0.15, 0.2) is 18.9 Å². The lowest BCUT2D eigenvalue weighted by atomic mass is 9.96. The molecule has 3 heterocycles. The summed E-state index contributed by atoms with van der Waals surface area (Å²) in [4.78, 5) is 13.4. The minimum absolute atomic E-state index is 0.247. The second kappa shape index (κ2) is 47.9. The second-order valence-corrected chi connectivity index (χ2v) is 23.9. The minimum atomic E-state index is -1.97. The van der Waals surface area contributed by atoms with Crippen molar-refractivity contribution in [3.63, 3.8) is 0 Å². The Morgan fingerprint density at radius 3 is 1.23 bits per heavy atom. The highest BCUT2D eigenvalue weighted by Gasteiger charge is 2.53. The Morgan fingerprint density at radius 1 is 0.429 bits per heavy atom. The van der Waals surface area contributed by atoms with Crippen LogP contribution >= 0.6 is 0 Å². The molecule has 19 nitrogen and oxygen atoms in total. The number of unbranched alkanes of at least 4 members (excludes halogenated alkanes) is 28. The first kappa shape index (κ1) is 76.3. The van der Waals surface area contributed by atoms with Gasteiger partial charge in [0.2, 0.25) is 5.91 Å². The molecule has 0 spiro atoms. The molecule has 1 amide bonds. The van der Waals surface area contributed by atoms with Gasteiger partial charge in [-0.15, -0.1) is 0 Å². The van der Waals surface area contributed by atoms with Crippen LogP contribution in [0.4, 0.5) is 0 Å². The van der Waals surface area contributed by atoms with E-state index in [9.17, 15) is 61.0 Å². The van der Waals surface area contributed by atoms with E-state index in [0.717, 1.165) is 64.2 Å². The maximum Gasteiger partial charge on any atom is 0.220 e. The third kappa shape index (κ3) is 30.5. The molecule has 3 rings (SSSR count). The summed E-state index contributed by atoms with van der Waals surface area (Å²) in [6.07, 6.45) is 26.5. The highest BCUT2D eigenvalue weighted by molar-refractivity contribution is 5.76. The topological polar surface area (TPSA) is 307 Å². The smallest absolute Gasteiger partial charge is 0.220 e. The van der Waals surface area contributed by atoms with Gasteiger partial charge in [-0.3, -0.25) is 4.79 Å². The van der Waals surface area contributed by atoms with Crippen LogP contribution in [0.5, 0.6) is 0 Å². The molecular weight excluding hydrogens is 1080 g/mol. The normalized spacial score (nSPS) is 29.4. The zero-order valence-corrected chi connectivity index (χ0v) is 51.6. The van der Waals surface area contributed by atoms with Crippen LogP contribution in [0.25, 0.3) is 0 Å². The standard InChI is InChI=1S/C65H119NO18/c1-3-5-7-9-11-13-15-17-19-20-21-22-23-24-25-26-27-28-29-31-33-35-37-39-41-43-53(71)66-48(49(70)42-40-38-36-34-32-30-18-16-14-12-10-8-6-4-2)47-79-63-59(77)56(74)61(51(45-68)81-63)84-65-60(78)57(75)62(52(46-69)82-65)83-64-58(76)55(73)54(72)50(44-67)80-64/h15,17,20-21,23-24,48-52,54-65,67-70,72-78H,3-14,16,18-19,22,25-47H2,1-2H3,(H,66,71)/b17-15-,21-20-,24-23-. The molecule has 3 fully saturated rings. The number of hydrogen-bond acceptors (Lipinski definition) is 18. The van der Waals surface area contributed by atoms with E-state index in [2.05, 4.69) is 55.6 Å². The molecule has 3 saturated heterocycles. The Labute approximate surface area is 504 Å². The third-order valence-corrected chi connectivity index (χ3v) is 16.7. The molecule has 0 aromatic rings. The molecule has 3 aliphatic heterocycles. The van der Waals surface area contributed by atoms with Crippen LogP contribution in [-0.4, -0.2) is 193 Å². The van der Waals surface area contributed by atoms with E-state index in [-0.39, 0.29) is 18.9 Å². The van der Waals surface area contributed by atoms with Gasteiger partial charge in [-0.05, 0) is 51.4 Å². The number of aliphatic hydroxyl groups is 11. The van der Waals surface area contributed by atoms with Gasteiger partial charge >= 0.3 is 0 Å². The van der Waals surface area contributed by atoms with Crippen molar-refractivity contribution in [1.29, 1.82) is 0 Å². The monoisotopic (exact) mass is 1200 g/mol. The lowest BCUT2D eigenvalue weighted by Gasteiger charge is -2.48.